The Kier molecular flexibility index (Phi) is 5.37. The van der Waals surface area contributed by atoms with Crippen molar-refractivity contribution in [3.05, 3.63) is 69.2 Å². The van der Waals surface area contributed by atoms with Gasteiger partial charge in [-0.15, -0.1) is 0 Å². The van der Waals surface area contributed by atoms with Gasteiger partial charge in [0.25, 0.3) is 5.91 Å². The van der Waals surface area contributed by atoms with Crippen LogP contribution in [0.2, 0.25) is 0 Å². The van der Waals surface area contributed by atoms with E-state index >= 15 is 0 Å². The highest BCUT2D eigenvalue weighted by Gasteiger charge is 2.27. The van der Waals surface area contributed by atoms with Gasteiger partial charge in [-0.25, -0.2) is 4.39 Å². The molecule has 0 radical (unpaired) electrons. The summed E-state index contributed by atoms with van der Waals surface area (Å²) in [5.74, 6) is -0.934. The Bertz CT molecular complexity index is 1130. The number of anilines is 1. The van der Waals surface area contributed by atoms with Gasteiger partial charge in [-0.2, -0.15) is 0 Å². The number of carbonyl (C=O) groups is 1. The summed E-state index contributed by atoms with van der Waals surface area (Å²) in [5.41, 5.74) is 4.36. The van der Waals surface area contributed by atoms with Gasteiger partial charge in [0.1, 0.15) is 5.82 Å². The molecule has 6 heteroatoms. The molecule has 0 bridgehead atoms. The number of nitrogens with one attached hydrogen (secondary N) is 2. The molecule has 1 unspecified atom stereocenters. The Hall–Kier alpha value is -2.19. The van der Waals surface area contributed by atoms with E-state index in [0.29, 0.717) is 15.3 Å². The largest absolute Gasteiger partial charge is 0.361 e. The molecule has 0 saturated carbocycles. The fourth-order valence-electron chi connectivity index (χ4n) is 4.69. The number of fused-ring (bicyclic) bond motifs is 2. The Balaban J connectivity index is 1.44. The lowest BCUT2D eigenvalue weighted by Crippen LogP contribution is -2.41. The molecular formula is C24H23FIN3O. The molecule has 0 spiro atoms. The van der Waals surface area contributed by atoms with Crippen LogP contribution in [0, 0.1) is 9.39 Å². The zero-order valence-corrected chi connectivity index (χ0v) is 18.7. The smallest absolute Gasteiger partial charge is 0.259 e. The predicted molar refractivity (Wildman–Crippen MR) is 127 cm³/mol. The Morgan fingerprint density at radius 3 is 3.00 bits per heavy atom. The topological polar surface area (TPSA) is 48.1 Å². The van der Waals surface area contributed by atoms with Crippen molar-refractivity contribution in [1.29, 1.82) is 0 Å². The first-order valence-corrected chi connectivity index (χ1v) is 11.5. The van der Waals surface area contributed by atoms with Crippen molar-refractivity contribution in [2.24, 2.45) is 0 Å². The predicted octanol–water partition coefficient (Wildman–Crippen LogP) is 5.81. The van der Waals surface area contributed by atoms with E-state index in [0.717, 1.165) is 23.9 Å². The lowest BCUT2D eigenvalue weighted by molar-refractivity contribution is 0.102. The van der Waals surface area contributed by atoms with Crippen molar-refractivity contribution in [2.75, 3.05) is 18.4 Å². The molecule has 2 aliphatic rings. The summed E-state index contributed by atoms with van der Waals surface area (Å²) in [5, 5.41) is 3.96. The summed E-state index contributed by atoms with van der Waals surface area (Å²) < 4.78 is 14.8. The summed E-state index contributed by atoms with van der Waals surface area (Å²) in [4.78, 5) is 18.6. The highest BCUT2D eigenvalue weighted by Crippen LogP contribution is 2.35. The number of aromatic amines is 1. The minimum Gasteiger partial charge on any atom is -0.361 e. The number of aromatic nitrogens is 1. The van der Waals surface area contributed by atoms with Gasteiger partial charge in [0.15, 0.2) is 0 Å². The first kappa shape index (κ1) is 19.8. The van der Waals surface area contributed by atoms with Crippen LogP contribution < -0.4 is 5.32 Å². The SMILES string of the molecule is O=C(Nc1ccc2[nH]cc(C3=CCN4CCCCC4C3)c2c1)c1c(F)cccc1I. The van der Waals surface area contributed by atoms with Gasteiger partial charge in [0, 0.05) is 44.5 Å². The third-order valence-electron chi connectivity index (χ3n) is 6.25. The maximum Gasteiger partial charge on any atom is 0.259 e. The number of amides is 1. The molecule has 3 heterocycles. The third-order valence-corrected chi connectivity index (χ3v) is 7.15. The minimum absolute atomic E-state index is 0.0832. The molecule has 4 nitrogen and oxygen atoms in total. The van der Waals surface area contributed by atoms with Crippen molar-refractivity contribution in [1.82, 2.24) is 9.88 Å². The molecule has 5 rings (SSSR count). The maximum absolute atomic E-state index is 14.2. The molecule has 1 aromatic heterocycles. The fourth-order valence-corrected chi connectivity index (χ4v) is 5.40. The first-order valence-electron chi connectivity index (χ1n) is 10.4. The number of hydrogen-bond acceptors (Lipinski definition) is 2. The molecule has 0 aliphatic carbocycles. The van der Waals surface area contributed by atoms with Crippen molar-refractivity contribution in [3.8, 4) is 0 Å². The van der Waals surface area contributed by atoms with Gasteiger partial charge in [0.05, 0.1) is 5.56 Å². The molecule has 1 saturated heterocycles. The van der Waals surface area contributed by atoms with Crippen LogP contribution in [0.5, 0.6) is 0 Å². The average Bonchev–Trinajstić information content (AvgIpc) is 3.16. The molecule has 1 atom stereocenters. The van der Waals surface area contributed by atoms with Crippen LogP contribution in [0.15, 0.2) is 48.7 Å². The summed E-state index contributed by atoms with van der Waals surface area (Å²) in [7, 11) is 0. The second kappa shape index (κ2) is 8.15. The van der Waals surface area contributed by atoms with Crippen LogP contribution in [-0.4, -0.2) is 34.9 Å². The molecule has 1 fully saturated rings. The number of rotatable bonds is 3. The van der Waals surface area contributed by atoms with E-state index in [4.69, 9.17) is 0 Å². The molecule has 2 aromatic carbocycles. The Labute approximate surface area is 188 Å². The van der Waals surface area contributed by atoms with Gasteiger partial charge in [-0.05, 0) is 84.3 Å². The molecule has 154 valence electrons. The summed E-state index contributed by atoms with van der Waals surface area (Å²) in [6.07, 6.45) is 9.36. The Morgan fingerprint density at radius 2 is 2.13 bits per heavy atom. The number of carbonyl (C=O) groups excluding carboxylic acids is 1. The standard InChI is InChI=1S/C24H23FIN3O/c25-20-5-3-6-21(26)23(20)24(30)28-16-7-8-22-18(13-16)19(14-27-22)15-9-11-29-10-2-1-4-17(29)12-15/h3,5-9,13-14,17,27H,1-2,4,10-12H2,(H,28,30). The molecule has 3 aromatic rings. The van der Waals surface area contributed by atoms with Crippen molar-refractivity contribution < 1.29 is 9.18 Å². The van der Waals surface area contributed by atoms with E-state index in [1.54, 1.807) is 12.1 Å². The van der Waals surface area contributed by atoms with Crippen LogP contribution in [-0.2, 0) is 0 Å². The number of halogens is 2. The summed E-state index contributed by atoms with van der Waals surface area (Å²) in [6.45, 7) is 2.21. The quantitative estimate of drug-likeness (QED) is 0.433. The summed E-state index contributed by atoms with van der Waals surface area (Å²) >= 11 is 1.99. The van der Waals surface area contributed by atoms with E-state index < -0.39 is 11.7 Å². The number of benzene rings is 2. The van der Waals surface area contributed by atoms with E-state index in [1.165, 1.54) is 43.0 Å². The van der Waals surface area contributed by atoms with Crippen molar-refractivity contribution >= 4 is 50.7 Å². The van der Waals surface area contributed by atoms with Crippen molar-refractivity contribution in [2.45, 2.75) is 31.7 Å². The van der Waals surface area contributed by atoms with Crippen LogP contribution >= 0.6 is 22.6 Å². The fraction of sp³-hybridized carbons (Fsp3) is 0.292. The van der Waals surface area contributed by atoms with E-state index in [-0.39, 0.29) is 5.56 Å². The zero-order chi connectivity index (χ0) is 20.7. The van der Waals surface area contributed by atoms with Gasteiger partial charge in [-0.3, -0.25) is 9.69 Å². The van der Waals surface area contributed by atoms with E-state index in [1.807, 2.05) is 40.8 Å². The molecule has 1 amide bonds. The average molecular weight is 515 g/mol. The molecule has 2 aliphatic heterocycles. The third kappa shape index (κ3) is 3.67. The maximum atomic E-state index is 14.2. The summed E-state index contributed by atoms with van der Waals surface area (Å²) in [6, 6.07) is 11.1. The van der Waals surface area contributed by atoms with Crippen molar-refractivity contribution in [3.63, 3.8) is 0 Å². The zero-order valence-electron chi connectivity index (χ0n) is 16.6. The molecular weight excluding hydrogens is 492 g/mol. The normalized spacial score (nSPS) is 19.4. The minimum atomic E-state index is -0.507. The number of H-pyrrole nitrogens is 1. The van der Waals surface area contributed by atoms with E-state index in [2.05, 4.69) is 27.5 Å². The molecule has 30 heavy (non-hydrogen) atoms. The van der Waals surface area contributed by atoms with Crippen LogP contribution in [0.4, 0.5) is 10.1 Å². The number of hydrogen-bond donors (Lipinski definition) is 2. The number of nitrogens with zero attached hydrogens (tertiary/aromatic N) is 1. The van der Waals surface area contributed by atoms with Gasteiger partial charge >= 0.3 is 0 Å². The molecule has 2 N–H and O–H groups in total. The van der Waals surface area contributed by atoms with Gasteiger partial charge in [0.2, 0.25) is 0 Å². The number of piperidine rings is 1. The highest BCUT2D eigenvalue weighted by molar-refractivity contribution is 14.1. The van der Waals surface area contributed by atoms with Crippen LogP contribution in [0.1, 0.15) is 41.6 Å². The second-order valence-electron chi connectivity index (χ2n) is 8.09. The monoisotopic (exact) mass is 515 g/mol. The Morgan fingerprint density at radius 1 is 1.23 bits per heavy atom. The second-order valence-corrected chi connectivity index (χ2v) is 9.25. The van der Waals surface area contributed by atoms with Crippen LogP contribution in [0.3, 0.4) is 0 Å². The van der Waals surface area contributed by atoms with Gasteiger partial charge < -0.3 is 10.3 Å². The van der Waals surface area contributed by atoms with Gasteiger partial charge in [-0.1, -0.05) is 18.6 Å². The lowest BCUT2D eigenvalue weighted by Gasteiger charge is -2.38. The van der Waals surface area contributed by atoms with Crippen LogP contribution in [0.25, 0.3) is 16.5 Å². The highest BCUT2D eigenvalue weighted by atomic mass is 127. The lowest BCUT2D eigenvalue weighted by atomic mass is 9.89. The van der Waals surface area contributed by atoms with E-state index in [9.17, 15) is 9.18 Å². The first-order chi connectivity index (χ1) is 14.6.